The average molecular weight is 351 g/mol. The molecule has 136 valence electrons. The monoisotopic (exact) mass is 351 g/mol. The van der Waals surface area contributed by atoms with Gasteiger partial charge in [0.15, 0.2) is 6.10 Å². The highest BCUT2D eigenvalue weighted by Gasteiger charge is 2.15. The molecule has 0 spiro atoms. The van der Waals surface area contributed by atoms with Crippen LogP contribution in [0.15, 0.2) is 53.5 Å². The van der Waals surface area contributed by atoms with Crippen molar-refractivity contribution in [1.82, 2.24) is 0 Å². The van der Waals surface area contributed by atoms with Crippen molar-refractivity contribution in [1.29, 1.82) is 0 Å². The Morgan fingerprint density at radius 3 is 2.35 bits per heavy atom. The molecular weight excluding hydrogens is 326 g/mol. The summed E-state index contributed by atoms with van der Waals surface area (Å²) in [6, 6.07) is 15.8. The second-order valence-corrected chi connectivity index (χ2v) is 6.85. The highest BCUT2D eigenvalue weighted by Crippen LogP contribution is 2.33. The number of benzene rings is 2. The number of carboxylic acid groups (broad SMARTS) is 1. The van der Waals surface area contributed by atoms with Crippen LogP contribution in [0, 0.1) is 0 Å². The van der Waals surface area contributed by atoms with Crippen LogP contribution >= 0.6 is 0 Å². The Morgan fingerprint density at radius 2 is 1.73 bits per heavy atom. The van der Waals surface area contributed by atoms with Gasteiger partial charge in [-0.2, -0.15) is 0 Å². The SMILES string of the molecule is C[C@@H](Oc1ccc(C=Nc2ccc(C3CCCCC3)cc2)cc1)C(=O)O. The first-order chi connectivity index (χ1) is 12.6. The number of ether oxygens (including phenoxy) is 1. The Bertz CT molecular complexity index is 744. The van der Waals surface area contributed by atoms with Crippen LogP contribution in [-0.2, 0) is 4.79 Å². The summed E-state index contributed by atoms with van der Waals surface area (Å²) >= 11 is 0. The molecule has 0 unspecified atom stereocenters. The van der Waals surface area contributed by atoms with E-state index in [4.69, 9.17) is 9.84 Å². The van der Waals surface area contributed by atoms with E-state index in [2.05, 4.69) is 29.3 Å². The van der Waals surface area contributed by atoms with Crippen molar-refractivity contribution in [3.05, 3.63) is 59.7 Å². The van der Waals surface area contributed by atoms with E-state index >= 15 is 0 Å². The van der Waals surface area contributed by atoms with E-state index in [0.717, 1.165) is 11.3 Å². The van der Waals surface area contributed by atoms with Gasteiger partial charge in [0.05, 0.1) is 5.69 Å². The van der Waals surface area contributed by atoms with Gasteiger partial charge in [0, 0.05) is 6.21 Å². The Balaban J connectivity index is 1.59. The lowest BCUT2D eigenvalue weighted by atomic mass is 9.84. The maximum atomic E-state index is 10.8. The van der Waals surface area contributed by atoms with Gasteiger partial charge in [0.1, 0.15) is 5.75 Å². The maximum Gasteiger partial charge on any atom is 0.344 e. The predicted molar refractivity (Wildman–Crippen MR) is 104 cm³/mol. The molecule has 0 saturated heterocycles. The van der Waals surface area contributed by atoms with E-state index in [1.807, 2.05) is 12.1 Å². The van der Waals surface area contributed by atoms with E-state index in [1.54, 1.807) is 18.3 Å². The van der Waals surface area contributed by atoms with Crippen molar-refractivity contribution in [3.63, 3.8) is 0 Å². The first-order valence-electron chi connectivity index (χ1n) is 9.25. The molecule has 0 bridgehead atoms. The van der Waals surface area contributed by atoms with Gasteiger partial charge < -0.3 is 9.84 Å². The van der Waals surface area contributed by atoms with Crippen LogP contribution in [0.5, 0.6) is 5.75 Å². The quantitative estimate of drug-likeness (QED) is 0.715. The molecule has 1 atom stereocenters. The molecule has 26 heavy (non-hydrogen) atoms. The second kappa shape index (κ2) is 8.65. The number of carbonyl (C=O) groups is 1. The zero-order valence-corrected chi connectivity index (χ0v) is 15.1. The summed E-state index contributed by atoms with van der Waals surface area (Å²) in [4.78, 5) is 15.3. The van der Waals surface area contributed by atoms with Crippen molar-refractivity contribution in [2.45, 2.75) is 51.0 Å². The van der Waals surface area contributed by atoms with E-state index in [1.165, 1.54) is 44.6 Å². The first kappa shape index (κ1) is 18.2. The predicted octanol–water partition coefficient (Wildman–Crippen LogP) is 5.34. The number of hydrogen-bond donors (Lipinski definition) is 1. The molecule has 0 heterocycles. The molecule has 2 aromatic rings. The van der Waals surface area contributed by atoms with Gasteiger partial charge >= 0.3 is 5.97 Å². The number of aliphatic carboxylic acids is 1. The zero-order chi connectivity index (χ0) is 18.4. The van der Waals surface area contributed by atoms with Crippen molar-refractivity contribution in [3.8, 4) is 5.75 Å². The third-order valence-electron chi connectivity index (χ3n) is 4.87. The number of aliphatic imine (C=N–C) groups is 1. The lowest BCUT2D eigenvalue weighted by molar-refractivity contribution is -0.144. The fourth-order valence-corrected chi connectivity index (χ4v) is 3.30. The van der Waals surface area contributed by atoms with E-state index in [-0.39, 0.29) is 0 Å². The number of carboxylic acids is 1. The number of hydrogen-bond acceptors (Lipinski definition) is 3. The molecule has 1 saturated carbocycles. The second-order valence-electron chi connectivity index (χ2n) is 6.85. The van der Waals surface area contributed by atoms with Crippen LogP contribution in [0.2, 0.25) is 0 Å². The minimum Gasteiger partial charge on any atom is -0.479 e. The summed E-state index contributed by atoms with van der Waals surface area (Å²) in [5, 5.41) is 8.86. The Hall–Kier alpha value is -2.62. The smallest absolute Gasteiger partial charge is 0.344 e. The maximum absolute atomic E-state index is 10.8. The summed E-state index contributed by atoms with van der Waals surface area (Å²) in [6.07, 6.45) is 7.61. The number of nitrogens with zero attached hydrogens (tertiary/aromatic N) is 1. The molecule has 0 aliphatic heterocycles. The van der Waals surface area contributed by atoms with Gasteiger partial charge in [-0.3, -0.25) is 4.99 Å². The van der Waals surface area contributed by atoms with Crippen molar-refractivity contribution in [2.75, 3.05) is 0 Å². The van der Waals surface area contributed by atoms with Crippen LogP contribution in [-0.4, -0.2) is 23.4 Å². The highest BCUT2D eigenvalue weighted by atomic mass is 16.5. The Labute approximate surface area is 154 Å². The fourth-order valence-electron chi connectivity index (χ4n) is 3.30. The molecule has 0 aromatic heterocycles. The van der Waals surface area contributed by atoms with Crippen LogP contribution < -0.4 is 4.74 Å². The van der Waals surface area contributed by atoms with Gasteiger partial charge in [0.25, 0.3) is 0 Å². The number of rotatable bonds is 6. The summed E-state index contributed by atoms with van der Waals surface area (Å²) in [7, 11) is 0. The first-order valence-corrected chi connectivity index (χ1v) is 9.25. The van der Waals surface area contributed by atoms with Crippen molar-refractivity contribution < 1.29 is 14.6 Å². The van der Waals surface area contributed by atoms with E-state index in [9.17, 15) is 4.79 Å². The molecule has 4 nitrogen and oxygen atoms in total. The van der Waals surface area contributed by atoms with Crippen molar-refractivity contribution >= 4 is 17.9 Å². The van der Waals surface area contributed by atoms with E-state index in [0.29, 0.717) is 11.7 Å². The summed E-state index contributed by atoms with van der Waals surface area (Å²) in [5.41, 5.74) is 3.30. The molecule has 3 rings (SSSR count). The minimum absolute atomic E-state index is 0.536. The minimum atomic E-state index is -0.979. The summed E-state index contributed by atoms with van der Waals surface area (Å²) < 4.78 is 5.32. The normalized spacial score (nSPS) is 16.5. The van der Waals surface area contributed by atoms with Gasteiger partial charge in [-0.05, 0) is 73.2 Å². The molecule has 2 aromatic carbocycles. The molecule has 1 N–H and O–H groups in total. The average Bonchev–Trinajstić information content (AvgIpc) is 2.68. The molecule has 4 heteroatoms. The molecule has 0 amide bonds. The third kappa shape index (κ3) is 4.94. The molecule has 1 aliphatic carbocycles. The molecule has 0 radical (unpaired) electrons. The van der Waals surface area contributed by atoms with Gasteiger partial charge in [0.2, 0.25) is 0 Å². The molecular formula is C22H25NO3. The Kier molecular flexibility index (Phi) is 6.05. The topological polar surface area (TPSA) is 58.9 Å². The van der Waals surface area contributed by atoms with Crippen molar-refractivity contribution in [2.24, 2.45) is 4.99 Å². The lowest BCUT2D eigenvalue weighted by Gasteiger charge is -2.21. The van der Waals surface area contributed by atoms with Crippen LogP contribution in [0.4, 0.5) is 5.69 Å². The fraction of sp³-hybridized carbons (Fsp3) is 0.364. The summed E-state index contributed by atoms with van der Waals surface area (Å²) in [5.74, 6) is 0.267. The lowest BCUT2D eigenvalue weighted by Crippen LogP contribution is -2.22. The third-order valence-corrected chi connectivity index (χ3v) is 4.87. The Morgan fingerprint density at radius 1 is 1.08 bits per heavy atom. The standard InChI is InChI=1S/C22H25NO3/c1-16(22(24)25)26-21-13-7-17(8-14-21)15-23-20-11-9-19(10-12-20)18-5-3-2-4-6-18/h7-16,18H,2-6H2,1H3,(H,24,25)/t16-/m1/s1. The van der Waals surface area contributed by atoms with Crippen LogP contribution in [0.25, 0.3) is 0 Å². The van der Waals surface area contributed by atoms with Gasteiger partial charge in [-0.25, -0.2) is 4.79 Å². The summed E-state index contributed by atoms with van der Waals surface area (Å²) in [6.45, 7) is 1.51. The largest absolute Gasteiger partial charge is 0.479 e. The van der Waals surface area contributed by atoms with E-state index < -0.39 is 12.1 Å². The van der Waals surface area contributed by atoms with Gasteiger partial charge in [-0.1, -0.05) is 31.4 Å². The zero-order valence-electron chi connectivity index (χ0n) is 15.1. The van der Waals surface area contributed by atoms with Gasteiger partial charge in [-0.15, -0.1) is 0 Å². The van der Waals surface area contributed by atoms with Crippen LogP contribution in [0.1, 0.15) is 56.1 Å². The molecule has 1 aliphatic rings. The molecule has 1 fully saturated rings. The van der Waals surface area contributed by atoms with Crippen LogP contribution in [0.3, 0.4) is 0 Å². The highest BCUT2D eigenvalue weighted by molar-refractivity contribution is 5.82.